The van der Waals surface area contributed by atoms with Gasteiger partial charge in [0.25, 0.3) is 0 Å². The highest BCUT2D eigenvalue weighted by Gasteiger charge is 2.26. The number of anilines is 1. The standard InChI is InChI=1S/C19H17Cl2N3/c1-11-6-7-12(2)16(10-11)24-19-14(8-9-22-19)18(23-24)13-4-3-5-15(20)17(13)21/h3-7,10,22H,8-9H2,1-2H3. The molecule has 1 aromatic heterocycles. The van der Waals surface area contributed by atoms with Crippen molar-refractivity contribution in [1.82, 2.24) is 9.78 Å². The van der Waals surface area contributed by atoms with Crippen molar-refractivity contribution in [2.75, 3.05) is 11.9 Å². The molecule has 2 aromatic carbocycles. The van der Waals surface area contributed by atoms with Crippen molar-refractivity contribution in [3.63, 3.8) is 0 Å². The van der Waals surface area contributed by atoms with Gasteiger partial charge in [-0.1, -0.05) is 47.5 Å². The van der Waals surface area contributed by atoms with Crippen LogP contribution in [0.5, 0.6) is 0 Å². The first kappa shape index (κ1) is 15.6. The van der Waals surface area contributed by atoms with E-state index in [0.717, 1.165) is 35.7 Å². The fourth-order valence-electron chi connectivity index (χ4n) is 3.20. The van der Waals surface area contributed by atoms with Gasteiger partial charge in [0, 0.05) is 17.7 Å². The number of aryl methyl sites for hydroxylation is 2. The first-order chi connectivity index (χ1) is 11.6. The Labute approximate surface area is 151 Å². The summed E-state index contributed by atoms with van der Waals surface area (Å²) in [7, 11) is 0. The lowest BCUT2D eigenvalue weighted by Crippen LogP contribution is -2.06. The average Bonchev–Trinajstić information content (AvgIpc) is 3.15. The molecule has 0 bridgehead atoms. The molecule has 5 heteroatoms. The zero-order chi connectivity index (χ0) is 16.8. The highest BCUT2D eigenvalue weighted by atomic mass is 35.5. The van der Waals surface area contributed by atoms with Crippen LogP contribution >= 0.6 is 23.2 Å². The molecule has 0 atom stereocenters. The molecule has 0 amide bonds. The molecule has 3 aromatic rings. The molecule has 2 heterocycles. The van der Waals surface area contributed by atoms with Crippen LogP contribution in [-0.4, -0.2) is 16.3 Å². The first-order valence-corrected chi connectivity index (χ1v) is 8.69. The van der Waals surface area contributed by atoms with Gasteiger partial charge in [0.05, 0.1) is 21.4 Å². The number of hydrogen-bond acceptors (Lipinski definition) is 2. The Morgan fingerprint density at radius 2 is 1.96 bits per heavy atom. The van der Waals surface area contributed by atoms with Crippen molar-refractivity contribution in [2.45, 2.75) is 20.3 Å². The summed E-state index contributed by atoms with van der Waals surface area (Å²) in [6.45, 7) is 5.10. The van der Waals surface area contributed by atoms with Crippen LogP contribution < -0.4 is 5.32 Å². The monoisotopic (exact) mass is 357 g/mol. The number of nitrogens with zero attached hydrogens (tertiary/aromatic N) is 2. The zero-order valence-electron chi connectivity index (χ0n) is 13.5. The molecule has 0 spiro atoms. The first-order valence-electron chi connectivity index (χ1n) is 7.94. The molecule has 122 valence electrons. The second kappa shape index (κ2) is 5.83. The Kier molecular flexibility index (Phi) is 3.78. The van der Waals surface area contributed by atoms with E-state index in [-0.39, 0.29) is 0 Å². The number of rotatable bonds is 2. The summed E-state index contributed by atoms with van der Waals surface area (Å²) in [5.74, 6) is 1.05. The lowest BCUT2D eigenvalue weighted by molar-refractivity contribution is 0.874. The van der Waals surface area contributed by atoms with E-state index in [0.29, 0.717) is 10.0 Å². The number of nitrogens with one attached hydrogen (secondary N) is 1. The maximum absolute atomic E-state index is 6.44. The van der Waals surface area contributed by atoms with Crippen molar-refractivity contribution >= 4 is 29.0 Å². The minimum Gasteiger partial charge on any atom is -0.369 e. The fraction of sp³-hybridized carbons (Fsp3) is 0.211. The van der Waals surface area contributed by atoms with Gasteiger partial charge in [0.2, 0.25) is 0 Å². The highest BCUT2D eigenvalue weighted by molar-refractivity contribution is 6.43. The predicted octanol–water partition coefficient (Wildman–Crippen LogP) is 5.43. The lowest BCUT2D eigenvalue weighted by Gasteiger charge is -2.10. The molecular weight excluding hydrogens is 341 g/mol. The normalized spacial score (nSPS) is 13.0. The number of halogens is 2. The third-order valence-electron chi connectivity index (χ3n) is 4.45. The van der Waals surface area contributed by atoms with Crippen molar-refractivity contribution in [3.8, 4) is 16.9 Å². The smallest absolute Gasteiger partial charge is 0.133 e. The van der Waals surface area contributed by atoms with Crippen LogP contribution in [0.15, 0.2) is 36.4 Å². The molecule has 0 fully saturated rings. The van der Waals surface area contributed by atoms with Crippen molar-refractivity contribution < 1.29 is 0 Å². The molecule has 0 saturated heterocycles. The number of benzene rings is 2. The molecule has 0 unspecified atom stereocenters. The van der Waals surface area contributed by atoms with Crippen molar-refractivity contribution in [2.24, 2.45) is 0 Å². The highest BCUT2D eigenvalue weighted by Crippen LogP contribution is 2.40. The molecular formula is C19H17Cl2N3. The van der Waals surface area contributed by atoms with Crippen LogP contribution in [0, 0.1) is 13.8 Å². The van der Waals surface area contributed by atoms with E-state index in [2.05, 4.69) is 37.4 Å². The van der Waals surface area contributed by atoms with Crippen LogP contribution in [0.2, 0.25) is 10.0 Å². The van der Waals surface area contributed by atoms with E-state index in [1.807, 2.05) is 16.8 Å². The second-order valence-electron chi connectivity index (χ2n) is 6.16. The third kappa shape index (κ3) is 2.40. The number of hydrogen-bond donors (Lipinski definition) is 1. The maximum atomic E-state index is 6.44. The van der Waals surface area contributed by atoms with Gasteiger partial charge < -0.3 is 5.32 Å². The van der Waals surface area contributed by atoms with Crippen molar-refractivity contribution in [1.29, 1.82) is 0 Å². The Bertz CT molecular complexity index is 920. The summed E-state index contributed by atoms with van der Waals surface area (Å²) in [6.07, 6.45) is 0.929. The SMILES string of the molecule is Cc1ccc(C)c(-n2nc(-c3cccc(Cl)c3Cl)c3c2NCC3)c1. The van der Waals surface area contributed by atoms with E-state index >= 15 is 0 Å². The van der Waals surface area contributed by atoms with Gasteiger partial charge in [-0.15, -0.1) is 0 Å². The van der Waals surface area contributed by atoms with Gasteiger partial charge in [0.1, 0.15) is 5.82 Å². The third-order valence-corrected chi connectivity index (χ3v) is 5.27. The Hall–Kier alpha value is -1.97. The summed E-state index contributed by atoms with van der Waals surface area (Å²) in [6, 6.07) is 12.1. The van der Waals surface area contributed by atoms with E-state index < -0.39 is 0 Å². The zero-order valence-corrected chi connectivity index (χ0v) is 15.0. The molecule has 0 aliphatic carbocycles. The van der Waals surface area contributed by atoms with E-state index in [4.69, 9.17) is 28.3 Å². The number of fused-ring (bicyclic) bond motifs is 1. The van der Waals surface area contributed by atoms with Crippen LogP contribution in [0.4, 0.5) is 5.82 Å². The van der Waals surface area contributed by atoms with E-state index in [9.17, 15) is 0 Å². The molecule has 0 saturated carbocycles. The minimum atomic E-state index is 0.551. The molecule has 3 nitrogen and oxygen atoms in total. The van der Waals surface area contributed by atoms with Gasteiger partial charge in [-0.05, 0) is 43.5 Å². The van der Waals surface area contributed by atoms with E-state index in [1.54, 1.807) is 6.07 Å². The largest absolute Gasteiger partial charge is 0.369 e. The average molecular weight is 358 g/mol. The molecule has 1 aliphatic heterocycles. The molecule has 0 radical (unpaired) electrons. The number of aromatic nitrogens is 2. The predicted molar refractivity (Wildman–Crippen MR) is 101 cm³/mol. The van der Waals surface area contributed by atoms with Crippen LogP contribution in [0.1, 0.15) is 16.7 Å². The van der Waals surface area contributed by atoms with Gasteiger partial charge in [-0.2, -0.15) is 5.10 Å². The summed E-state index contributed by atoms with van der Waals surface area (Å²) >= 11 is 12.6. The fourth-order valence-corrected chi connectivity index (χ4v) is 3.59. The Balaban J connectivity index is 1.96. The summed E-state index contributed by atoms with van der Waals surface area (Å²) < 4.78 is 2.00. The quantitative estimate of drug-likeness (QED) is 0.662. The van der Waals surface area contributed by atoms with Gasteiger partial charge >= 0.3 is 0 Å². The Morgan fingerprint density at radius 1 is 1.12 bits per heavy atom. The minimum absolute atomic E-state index is 0.551. The maximum Gasteiger partial charge on any atom is 0.133 e. The summed E-state index contributed by atoms with van der Waals surface area (Å²) in [5, 5.41) is 9.46. The lowest BCUT2D eigenvalue weighted by atomic mass is 10.1. The Morgan fingerprint density at radius 3 is 2.79 bits per heavy atom. The topological polar surface area (TPSA) is 29.9 Å². The van der Waals surface area contributed by atoms with Crippen LogP contribution in [0.25, 0.3) is 16.9 Å². The van der Waals surface area contributed by atoms with Crippen LogP contribution in [-0.2, 0) is 6.42 Å². The molecule has 1 N–H and O–H groups in total. The molecule has 24 heavy (non-hydrogen) atoms. The summed E-state index contributed by atoms with van der Waals surface area (Å²) in [5.41, 5.74) is 6.46. The van der Waals surface area contributed by atoms with E-state index in [1.165, 1.54) is 16.7 Å². The van der Waals surface area contributed by atoms with Crippen molar-refractivity contribution in [3.05, 3.63) is 63.1 Å². The molecule has 4 rings (SSSR count). The van der Waals surface area contributed by atoms with Gasteiger partial charge in [-0.3, -0.25) is 0 Å². The van der Waals surface area contributed by atoms with Gasteiger partial charge in [-0.25, -0.2) is 4.68 Å². The van der Waals surface area contributed by atoms with Crippen LogP contribution in [0.3, 0.4) is 0 Å². The van der Waals surface area contributed by atoms with Gasteiger partial charge in [0.15, 0.2) is 0 Å². The summed E-state index contributed by atoms with van der Waals surface area (Å²) in [4.78, 5) is 0. The molecule has 1 aliphatic rings. The second-order valence-corrected chi connectivity index (χ2v) is 6.94.